The fourth-order valence-electron chi connectivity index (χ4n) is 10.5. The highest BCUT2D eigenvalue weighted by Gasteiger charge is 2.62. The molecule has 5 fully saturated rings. The van der Waals surface area contributed by atoms with Crippen molar-refractivity contribution in [3.05, 3.63) is 47.6 Å². The lowest BCUT2D eigenvalue weighted by atomic mass is 9.61. The quantitative estimate of drug-likeness (QED) is 0.0942. The molecule has 0 bridgehead atoms. The van der Waals surface area contributed by atoms with Crippen LogP contribution in [-0.2, 0) is 18.3 Å². The van der Waals surface area contributed by atoms with Gasteiger partial charge in [-0.25, -0.2) is 0 Å². The number of rotatable bonds is 15. The molecule has 1 heterocycles. The van der Waals surface area contributed by atoms with E-state index in [0.29, 0.717) is 17.3 Å². The first-order valence-corrected chi connectivity index (χ1v) is 28.3. The van der Waals surface area contributed by atoms with Crippen LogP contribution in [0.3, 0.4) is 0 Å². The Kier molecular flexibility index (Phi) is 13.8. The number of ether oxygens (including phenoxy) is 2. The highest BCUT2D eigenvalue weighted by atomic mass is 28.4. The normalized spacial score (nSPS) is 32.5. The van der Waals surface area contributed by atoms with Crippen LogP contribution in [0.1, 0.15) is 159 Å². The molecule has 0 radical (unpaired) electrons. The van der Waals surface area contributed by atoms with Gasteiger partial charge in [-0.1, -0.05) is 112 Å². The van der Waals surface area contributed by atoms with E-state index < -0.39 is 16.6 Å². The van der Waals surface area contributed by atoms with Gasteiger partial charge in [0, 0.05) is 18.3 Å². The summed E-state index contributed by atoms with van der Waals surface area (Å²) >= 11 is 0. The van der Waals surface area contributed by atoms with E-state index in [0.717, 1.165) is 44.8 Å². The fraction of sp³-hybridized carbons (Fsp3) is 0.833. The SMILES string of the molecule is C=C1/C(=C\C=C2/CCC[C@]3(C)[C@@H]([C@H](C)/C=C/CCC4(C5(CCCCC)OCCO5)CC4)CC[C@@H]23)C[C@@H](O[Si](C)(C)C(C)(C)C)C[C@@H]1O[Si](C)(C)C(C)(C)C. The number of hydrogen-bond donors (Lipinski definition) is 0. The summed E-state index contributed by atoms with van der Waals surface area (Å²) in [4.78, 5) is 0. The molecule has 1 aliphatic heterocycles. The summed E-state index contributed by atoms with van der Waals surface area (Å²) in [5, 5.41) is 0.330. The molecule has 0 unspecified atom stereocenters. The lowest BCUT2D eigenvalue weighted by molar-refractivity contribution is -0.213. The van der Waals surface area contributed by atoms with Crippen LogP contribution in [0.5, 0.6) is 0 Å². The van der Waals surface area contributed by atoms with Crippen LogP contribution in [0.4, 0.5) is 0 Å². The average molecular weight is 781 g/mol. The van der Waals surface area contributed by atoms with E-state index in [2.05, 4.69) is 113 Å². The van der Waals surface area contributed by atoms with Crippen molar-refractivity contribution >= 4 is 16.6 Å². The molecular weight excluding hydrogens is 697 g/mol. The van der Waals surface area contributed by atoms with Gasteiger partial charge in [0.05, 0.1) is 25.4 Å². The van der Waals surface area contributed by atoms with E-state index >= 15 is 0 Å². The van der Waals surface area contributed by atoms with Gasteiger partial charge in [-0.05, 0) is 141 Å². The Morgan fingerprint density at radius 1 is 0.889 bits per heavy atom. The highest BCUT2D eigenvalue weighted by Crippen LogP contribution is 2.63. The molecule has 0 N–H and O–H groups in total. The topological polar surface area (TPSA) is 36.9 Å². The first kappa shape index (κ1) is 44.3. The first-order valence-electron chi connectivity index (χ1n) is 22.5. The molecule has 0 aromatic carbocycles. The Morgan fingerprint density at radius 3 is 2.15 bits per heavy atom. The van der Waals surface area contributed by atoms with Crippen molar-refractivity contribution in [3.63, 3.8) is 0 Å². The summed E-state index contributed by atoms with van der Waals surface area (Å²) < 4.78 is 27.1. The summed E-state index contributed by atoms with van der Waals surface area (Å²) in [6.45, 7) is 37.4. The number of allylic oxidation sites excluding steroid dienone is 5. The monoisotopic (exact) mass is 781 g/mol. The van der Waals surface area contributed by atoms with Gasteiger partial charge in [0.1, 0.15) is 0 Å². The van der Waals surface area contributed by atoms with Crippen molar-refractivity contribution in [2.24, 2.45) is 28.6 Å². The largest absolute Gasteiger partial charge is 0.413 e. The zero-order valence-electron chi connectivity index (χ0n) is 37.6. The lowest BCUT2D eigenvalue weighted by Crippen LogP contribution is -2.49. The Bertz CT molecular complexity index is 1380. The van der Waals surface area contributed by atoms with E-state index in [-0.39, 0.29) is 33.5 Å². The molecule has 4 nitrogen and oxygen atoms in total. The summed E-state index contributed by atoms with van der Waals surface area (Å²) in [7, 11) is -3.93. The third-order valence-electron chi connectivity index (χ3n) is 16.2. The van der Waals surface area contributed by atoms with Crippen molar-refractivity contribution in [1.29, 1.82) is 0 Å². The minimum Gasteiger partial charge on any atom is -0.413 e. The van der Waals surface area contributed by atoms with E-state index in [4.69, 9.17) is 24.9 Å². The standard InChI is InChI=1S/C48H84O4Si2/c1-15-16-18-29-48(49-32-33-50-48)47(30-31-47)28-19-17-21-36(2)41-25-26-42-38(22-20-27-46(41,42)10)23-24-39-34-40(51-53(11,12)44(4,5)6)35-43(37(39)3)52-54(13,14)45(7,8)9/h17,21,23-24,36,40-43H,3,15-16,18-20,22,25-35H2,1-2,4-14H3/b21-17+,38-23+,39-24-/t36-,40-,41-,42+,43+,46-/m1/s1. The molecule has 1 saturated heterocycles. The van der Waals surface area contributed by atoms with Crippen molar-refractivity contribution < 1.29 is 18.3 Å². The van der Waals surface area contributed by atoms with Gasteiger partial charge in [0.25, 0.3) is 0 Å². The second-order valence-electron chi connectivity index (χ2n) is 21.9. The van der Waals surface area contributed by atoms with Crippen LogP contribution >= 0.6 is 0 Å². The lowest BCUT2D eigenvalue weighted by Gasteiger charge is -2.45. The molecule has 54 heavy (non-hydrogen) atoms. The molecule has 0 aromatic heterocycles. The Labute approximate surface area is 336 Å². The van der Waals surface area contributed by atoms with Crippen LogP contribution in [0.25, 0.3) is 0 Å². The number of fused-ring (bicyclic) bond motifs is 1. The van der Waals surface area contributed by atoms with Gasteiger partial charge < -0.3 is 18.3 Å². The molecule has 0 amide bonds. The molecule has 4 aliphatic carbocycles. The zero-order chi connectivity index (χ0) is 39.8. The molecule has 0 aromatic rings. The molecule has 5 rings (SSSR count). The van der Waals surface area contributed by atoms with E-state index in [1.54, 1.807) is 5.57 Å². The number of hydrogen-bond acceptors (Lipinski definition) is 4. The third kappa shape index (κ3) is 9.41. The fourth-order valence-corrected chi connectivity index (χ4v) is 13.1. The minimum atomic E-state index is -1.99. The summed E-state index contributed by atoms with van der Waals surface area (Å²) in [5.41, 5.74) is 4.83. The molecule has 308 valence electrons. The maximum absolute atomic E-state index is 7.14. The minimum absolute atomic E-state index is 0.0266. The smallest absolute Gasteiger partial charge is 0.192 e. The predicted octanol–water partition coefficient (Wildman–Crippen LogP) is 14.3. The summed E-state index contributed by atoms with van der Waals surface area (Å²) in [5.74, 6) is 1.70. The molecule has 4 saturated carbocycles. The average Bonchev–Trinajstić information content (AvgIpc) is 3.55. The molecule has 6 atom stereocenters. The molecule has 5 aliphatic rings. The van der Waals surface area contributed by atoms with Crippen LogP contribution in [0.15, 0.2) is 47.6 Å². The van der Waals surface area contributed by atoms with Gasteiger partial charge in [0.2, 0.25) is 0 Å². The molecule has 0 spiro atoms. The zero-order valence-corrected chi connectivity index (χ0v) is 39.6. The van der Waals surface area contributed by atoms with Crippen molar-refractivity contribution in [1.82, 2.24) is 0 Å². The van der Waals surface area contributed by atoms with Crippen molar-refractivity contribution in [2.45, 2.75) is 213 Å². The molecular formula is C48H84O4Si2. The number of unbranched alkanes of at least 4 members (excludes halogenated alkanes) is 2. The molecule has 6 heteroatoms. The maximum atomic E-state index is 7.14. The van der Waals surface area contributed by atoms with Gasteiger partial charge in [-0.15, -0.1) is 0 Å². The highest BCUT2D eigenvalue weighted by molar-refractivity contribution is 6.74. The van der Waals surface area contributed by atoms with Crippen LogP contribution in [0, 0.1) is 28.6 Å². The van der Waals surface area contributed by atoms with Crippen LogP contribution in [0.2, 0.25) is 36.3 Å². The van der Waals surface area contributed by atoms with E-state index in [1.807, 2.05) is 0 Å². The Hall–Kier alpha value is -0.766. The summed E-state index contributed by atoms with van der Waals surface area (Å²) in [6, 6.07) is 0. The first-order chi connectivity index (χ1) is 25.1. The third-order valence-corrected chi connectivity index (χ3v) is 25.2. The Morgan fingerprint density at radius 2 is 1.54 bits per heavy atom. The van der Waals surface area contributed by atoms with Crippen molar-refractivity contribution in [3.8, 4) is 0 Å². The van der Waals surface area contributed by atoms with Gasteiger partial charge in [-0.3, -0.25) is 0 Å². The second-order valence-corrected chi connectivity index (χ2v) is 31.4. The van der Waals surface area contributed by atoms with Gasteiger partial charge in [-0.2, -0.15) is 0 Å². The van der Waals surface area contributed by atoms with E-state index in [9.17, 15) is 0 Å². The maximum Gasteiger partial charge on any atom is 0.192 e. The van der Waals surface area contributed by atoms with Gasteiger partial charge in [0.15, 0.2) is 22.4 Å². The summed E-state index contributed by atoms with van der Waals surface area (Å²) in [6.07, 6.45) is 28.4. The predicted molar refractivity (Wildman–Crippen MR) is 235 cm³/mol. The van der Waals surface area contributed by atoms with E-state index in [1.165, 1.54) is 81.8 Å². The Balaban J connectivity index is 1.27. The van der Waals surface area contributed by atoms with Crippen molar-refractivity contribution in [2.75, 3.05) is 13.2 Å². The van der Waals surface area contributed by atoms with Gasteiger partial charge >= 0.3 is 0 Å². The van der Waals surface area contributed by atoms with Crippen LogP contribution in [-0.4, -0.2) is 47.8 Å². The van der Waals surface area contributed by atoms with Crippen LogP contribution < -0.4 is 0 Å². The second kappa shape index (κ2) is 16.8.